The Morgan fingerprint density at radius 2 is 1.48 bits per heavy atom. The van der Waals surface area contributed by atoms with Gasteiger partial charge in [0.25, 0.3) is 0 Å². The van der Waals surface area contributed by atoms with E-state index in [0.29, 0.717) is 25.8 Å². The summed E-state index contributed by atoms with van der Waals surface area (Å²) < 4.78 is 17.8. The molecule has 1 heterocycles. The molecule has 8 heteroatoms. The van der Waals surface area contributed by atoms with Crippen molar-refractivity contribution in [1.29, 1.82) is 0 Å². The Bertz CT molecular complexity index is 2010. The van der Waals surface area contributed by atoms with Crippen LogP contribution in [-0.2, 0) is 33.4 Å². The fraction of sp³-hybridized carbons (Fsp3) is 0.615. The van der Waals surface area contributed by atoms with Gasteiger partial charge < -0.3 is 14.2 Å². The Hall–Kier alpha value is -4.04. The lowest BCUT2D eigenvalue weighted by Gasteiger charge is -2.70. The van der Waals surface area contributed by atoms with Gasteiger partial charge in [-0.05, 0) is 142 Å². The molecular weight excluding hydrogens is 751 g/mol. The van der Waals surface area contributed by atoms with Gasteiger partial charge in [-0.25, -0.2) is 0 Å². The summed E-state index contributed by atoms with van der Waals surface area (Å²) in [5, 5.41) is 0. The van der Waals surface area contributed by atoms with Crippen LogP contribution in [-0.4, -0.2) is 60.9 Å². The van der Waals surface area contributed by atoms with E-state index in [4.69, 9.17) is 14.2 Å². The van der Waals surface area contributed by atoms with Gasteiger partial charge in [-0.3, -0.25) is 24.1 Å². The summed E-state index contributed by atoms with van der Waals surface area (Å²) in [4.78, 5) is 59.9. The van der Waals surface area contributed by atoms with Crippen LogP contribution in [0.15, 0.2) is 85.0 Å². The minimum Gasteiger partial charge on any atom is -0.468 e. The molecule has 1 saturated heterocycles. The van der Waals surface area contributed by atoms with Crippen LogP contribution in [0.3, 0.4) is 0 Å². The van der Waals surface area contributed by atoms with Crippen molar-refractivity contribution in [3.8, 4) is 0 Å². The molecule has 322 valence electrons. The summed E-state index contributed by atoms with van der Waals surface area (Å²) in [5.74, 6) is -0.903. The first-order valence-electron chi connectivity index (χ1n) is 22.7. The summed E-state index contributed by atoms with van der Waals surface area (Å²) in [6.45, 7) is 18.3. The summed E-state index contributed by atoms with van der Waals surface area (Å²) in [6.07, 6.45) is 12.0. The van der Waals surface area contributed by atoms with E-state index in [1.165, 1.54) is 12.7 Å². The molecule has 8 nitrogen and oxygen atoms in total. The minimum atomic E-state index is -0.951. The van der Waals surface area contributed by atoms with Crippen molar-refractivity contribution in [2.75, 3.05) is 20.3 Å². The van der Waals surface area contributed by atoms with Crippen LogP contribution in [0.5, 0.6) is 0 Å². The largest absolute Gasteiger partial charge is 0.468 e. The van der Waals surface area contributed by atoms with E-state index in [0.717, 1.165) is 62.5 Å². The van der Waals surface area contributed by atoms with Crippen LogP contribution in [0, 0.1) is 50.2 Å². The van der Waals surface area contributed by atoms with Gasteiger partial charge in [-0.15, -0.1) is 0 Å². The number of nitrogens with zero attached hydrogens (tertiary/aromatic N) is 1. The normalized spacial score (nSPS) is 39.9. The van der Waals surface area contributed by atoms with Crippen LogP contribution in [0.25, 0.3) is 0 Å². The van der Waals surface area contributed by atoms with Gasteiger partial charge in [0.05, 0.1) is 17.9 Å². The van der Waals surface area contributed by atoms with Crippen molar-refractivity contribution < 1.29 is 33.4 Å². The van der Waals surface area contributed by atoms with Crippen LogP contribution in [0.1, 0.15) is 129 Å². The molecule has 1 aliphatic heterocycles. The van der Waals surface area contributed by atoms with E-state index < -0.39 is 28.4 Å². The molecule has 2 aromatic rings. The summed E-state index contributed by atoms with van der Waals surface area (Å²) in [6, 6.07) is 19.4. The van der Waals surface area contributed by atoms with Gasteiger partial charge >= 0.3 is 17.9 Å². The standard InChI is InChI=1S/C52H67NO7/c1-9-31-59-46(57)52(7)40-22-25-51(6)43(49(40,4)24-23-41(52)53-30-16-21-38(53)44(55)58-8)39(54)32-36-37-33-48(3,27-26-47(37,2)28-29-50(36,51)5)45(56)60-42(34-17-12-10-13-18-34)35-19-14-11-15-20-35/h9-15,17-20,32,37-38,40-43H,1,16,21-31,33H2,2-8H3/t37-,38?,40+,41-,43+,47+,48-,49-,50+,51+,52-/m0/s1. The van der Waals surface area contributed by atoms with Crippen molar-refractivity contribution >= 4 is 23.7 Å². The summed E-state index contributed by atoms with van der Waals surface area (Å²) >= 11 is 0. The number of carbonyl (C=O) groups excluding carboxylic acids is 4. The van der Waals surface area contributed by atoms with E-state index in [1.807, 2.05) is 66.7 Å². The maximum Gasteiger partial charge on any atom is 0.323 e. The van der Waals surface area contributed by atoms with Crippen molar-refractivity contribution in [3.05, 3.63) is 96.1 Å². The van der Waals surface area contributed by atoms with E-state index >= 15 is 4.79 Å². The smallest absolute Gasteiger partial charge is 0.323 e. The zero-order valence-electron chi connectivity index (χ0n) is 37.1. The predicted molar refractivity (Wildman–Crippen MR) is 231 cm³/mol. The topological polar surface area (TPSA) is 99.2 Å². The quantitative estimate of drug-likeness (QED) is 0.140. The zero-order valence-corrected chi connectivity index (χ0v) is 37.1. The molecule has 6 aliphatic rings. The molecule has 0 spiro atoms. The third-order valence-corrected chi connectivity index (χ3v) is 18.1. The highest BCUT2D eigenvalue weighted by atomic mass is 16.5. The second-order valence-electron chi connectivity index (χ2n) is 21.0. The van der Waals surface area contributed by atoms with Gasteiger partial charge in [0.15, 0.2) is 11.9 Å². The number of fused-ring (bicyclic) bond motifs is 7. The monoisotopic (exact) mass is 817 g/mol. The summed E-state index contributed by atoms with van der Waals surface area (Å²) in [7, 11) is 1.44. The van der Waals surface area contributed by atoms with E-state index in [9.17, 15) is 14.4 Å². The van der Waals surface area contributed by atoms with Crippen LogP contribution < -0.4 is 0 Å². The Labute approximate surface area is 357 Å². The Morgan fingerprint density at radius 1 is 0.833 bits per heavy atom. The van der Waals surface area contributed by atoms with Crippen LogP contribution in [0.4, 0.5) is 0 Å². The lowest BCUT2D eigenvalue weighted by molar-refractivity contribution is -0.212. The molecule has 5 aliphatic carbocycles. The zero-order chi connectivity index (χ0) is 42.9. The number of ether oxygens (including phenoxy) is 3. The number of carbonyl (C=O) groups is 4. The van der Waals surface area contributed by atoms with Crippen LogP contribution >= 0.6 is 0 Å². The van der Waals surface area contributed by atoms with E-state index in [1.54, 1.807) is 6.08 Å². The number of esters is 3. The highest BCUT2D eigenvalue weighted by molar-refractivity contribution is 5.96. The molecule has 11 atom stereocenters. The molecule has 2 aromatic carbocycles. The summed E-state index contributed by atoms with van der Waals surface area (Å²) in [5.41, 5.74) is 0.284. The molecule has 60 heavy (non-hydrogen) atoms. The lowest BCUT2D eigenvalue weighted by atomic mass is 9.33. The molecule has 4 saturated carbocycles. The molecule has 0 N–H and O–H groups in total. The maximum absolute atomic E-state index is 15.3. The Balaban J connectivity index is 1.13. The molecule has 8 rings (SSSR count). The molecular formula is C52H67NO7. The van der Waals surface area contributed by atoms with E-state index in [-0.39, 0.29) is 70.3 Å². The first-order valence-corrected chi connectivity index (χ1v) is 22.7. The fourth-order valence-electron chi connectivity index (χ4n) is 14.5. The molecule has 0 bridgehead atoms. The lowest BCUT2D eigenvalue weighted by Crippen LogP contribution is -2.70. The number of hydrogen-bond acceptors (Lipinski definition) is 8. The number of allylic oxidation sites excluding steroid dienone is 2. The fourth-order valence-corrected chi connectivity index (χ4v) is 14.5. The Kier molecular flexibility index (Phi) is 10.9. The SMILES string of the molecule is C=CCOC(=O)[C@]1(C)[C@@H](N2CCCC2C(=O)OC)CC[C@@]2(C)[C@H]1CC[C@]1(C)[C@@H]2C(=O)C=C2[C@@H]3C[C@@](C)(C(=O)OC(c4ccccc4)c4ccccc4)CC[C@]3(C)CC[C@]21C. The van der Waals surface area contributed by atoms with Gasteiger partial charge in [0, 0.05) is 12.0 Å². The minimum absolute atomic E-state index is 0.0363. The van der Waals surface area contributed by atoms with Crippen molar-refractivity contribution in [2.45, 2.75) is 130 Å². The first-order chi connectivity index (χ1) is 28.5. The third kappa shape index (κ3) is 6.38. The highest BCUT2D eigenvalue weighted by Crippen LogP contribution is 2.75. The number of rotatable bonds is 9. The average Bonchev–Trinajstić information content (AvgIpc) is 3.73. The predicted octanol–water partition coefficient (Wildman–Crippen LogP) is 10.0. The van der Waals surface area contributed by atoms with Gasteiger partial charge in [0.2, 0.25) is 0 Å². The number of ketones is 1. The second-order valence-corrected chi connectivity index (χ2v) is 21.0. The number of hydrogen-bond donors (Lipinski definition) is 0. The Morgan fingerprint density at radius 3 is 2.12 bits per heavy atom. The molecule has 0 aromatic heterocycles. The van der Waals surface area contributed by atoms with Gasteiger partial charge in [-0.1, -0.05) is 107 Å². The third-order valence-electron chi connectivity index (χ3n) is 18.1. The molecule has 1 unspecified atom stereocenters. The van der Waals surface area contributed by atoms with Crippen molar-refractivity contribution in [2.24, 2.45) is 50.2 Å². The molecule has 0 amide bonds. The number of likely N-dealkylation sites (tertiary alicyclic amines) is 1. The first kappa shape index (κ1) is 42.6. The average molecular weight is 818 g/mol. The highest BCUT2D eigenvalue weighted by Gasteiger charge is 2.72. The molecule has 5 fully saturated rings. The van der Waals surface area contributed by atoms with Crippen molar-refractivity contribution in [1.82, 2.24) is 4.90 Å². The van der Waals surface area contributed by atoms with Crippen LogP contribution in [0.2, 0.25) is 0 Å². The number of benzene rings is 2. The van der Waals surface area contributed by atoms with Gasteiger partial charge in [-0.2, -0.15) is 0 Å². The number of methoxy groups -OCH3 is 1. The van der Waals surface area contributed by atoms with Crippen molar-refractivity contribution in [3.63, 3.8) is 0 Å². The molecule has 0 radical (unpaired) electrons. The second kappa shape index (κ2) is 15.4. The van der Waals surface area contributed by atoms with E-state index in [2.05, 4.69) is 53.0 Å². The van der Waals surface area contributed by atoms with Gasteiger partial charge in [0.1, 0.15) is 12.6 Å². The maximum atomic E-state index is 15.3.